The van der Waals surface area contributed by atoms with Gasteiger partial charge in [-0.1, -0.05) is 29.3 Å². The molecule has 0 atom stereocenters. The van der Waals surface area contributed by atoms with Gasteiger partial charge in [-0.05, 0) is 42.8 Å². The number of aryl methyl sites for hydroxylation is 1. The summed E-state index contributed by atoms with van der Waals surface area (Å²) in [7, 11) is 0. The van der Waals surface area contributed by atoms with Gasteiger partial charge in [-0.15, -0.1) is 0 Å². The number of hydrogen-bond acceptors (Lipinski definition) is 1. The van der Waals surface area contributed by atoms with E-state index in [1.54, 1.807) is 19.1 Å². The molecule has 0 saturated heterocycles. The van der Waals surface area contributed by atoms with Crippen molar-refractivity contribution in [1.29, 1.82) is 0 Å². The zero-order chi connectivity index (χ0) is 13.3. The Labute approximate surface area is 114 Å². The molecule has 18 heavy (non-hydrogen) atoms. The van der Waals surface area contributed by atoms with Crippen LogP contribution in [0.1, 0.15) is 21.5 Å². The van der Waals surface area contributed by atoms with E-state index in [1.807, 2.05) is 0 Å². The maximum atomic E-state index is 13.2. The highest BCUT2D eigenvalue weighted by atomic mass is 35.5. The fourth-order valence-corrected chi connectivity index (χ4v) is 2.21. The monoisotopic (exact) mass is 282 g/mol. The molecule has 2 aromatic rings. The number of carbonyl (C=O) groups is 1. The second kappa shape index (κ2) is 5.09. The summed E-state index contributed by atoms with van der Waals surface area (Å²) < 4.78 is 13.2. The summed E-state index contributed by atoms with van der Waals surface area (Å²) in [5.41, 5.74) is 1.37. The molecule has 0 aliphatic carbocycles. The molecular weight excluding hydrogens is 274 g/mol. The number of ketones is 1. The quantitative estimate of drug-likeness (QED) is 0.732. The van der Waals surface area contributed by atoms with E-state index in [0.29, 0.717) is 26.7 Å². The van der Waals surface area contributed by atoms with Crippen LogP contribution in [0.25, 0.3) is 0 Å². The second-order valence-electron chi connectivity index (χ2n) is 3.95. The largest absolute Gasteiger partial charge is 0.289 e. The molecule has 0 amide bonds. The van der Waals surface area contributed by atoms with Crippen LogP contribution < -0.4 is 0 Å². The molecule has 4 heteroatoms. The lowest BCUT2D eigenvalue weighted by Gasteiger charge is -2.06. The van der Waals surface area contributed by atoms with Crippen molar-refractivity contribution >= 4 is 29.0 Å². The zero-order valence-electron chi connectivity index (χ0n) is 9.51. The molecule has 0 spiro atoms. The van der Waals surface area contributed by atoms with Crippen molar-refractivity contribution in [1.82, 2.24) is 0 Å². The minimum absolute atomic E-state index is 0.295. The highest BCUT2D eigenvalue weighted by Gasteiger charge is 2.14. The van der Waals surface area contributed by atoms with Gasteiger partial charge in [0.05, 0.1) is 0 Å². The maximum absolute atomic E-state index is 13.2. The van der Waals surface area contributed by atoms with Gasteiger partial charge in [0.1, 0.15) is 5.82 Å². The number of rotatable bonds is 2. The summed E-state index contributed by atoms with van der Waals surface area (Å²) in [6.07, 6.45) is 0. The number of carbonyl (C=O) groups excluding carboxylic acids is 1. The molecule has 0 bridgehead atoms. The molecule has 0 N–H and O–H groups in total. The van der Waals surface area contributed by atoms with Crippen LogP contribution >= 0.6 is 23.2 Å². The van der Waals surface area contributed by atoms with Crippen molar-refractivity contribution in [3.63, 3.8) is 0 Å². The SMILES string of the molecule is Cc1ccc(F)cc1C(=O)c1cc(Cl)cc(Cl)c1. The molecule has 92 valence electrons. The normalized spacial score (nSPS) is 10.4. The Morgan fingerprint density at radius 1 is 1.06 bits per heavy atom. The minimum Gasteiger partial charge on any atom is -0.289 e. The Morgan fingerprint density at radius 2 is 1.67 bits per heavy atom. The Bertz CT molecular complexity index is 603. The predicted molar refractivity (Wildman–Crippen MR) is 71.0 cm³/mol. The molecule has 0 heterocycles. The molecule has 0 unspecified atom stereocenters. The molecule has 0 saturated carbocycles. The van der Waals surface area contributed by atoms with E-state index >= 15 is 0 Å². The molecule has 2 rings (SSSR count). The summed E-state index contributed by atoms with van der Waals surface area (Å²) in [6.45, 7) is 1.75. The number of hydrogen-bond donors (Lipinski definition) is 0. The van der Waals surface area contributed by atoms with E-state index in [1.165, 1.54) is 24.3 Å². The fraction of sp³-hybridized carbons (Fsp3) is 0.0714. The topological polar surface area (TPSA) is 17.1 Å². The summed E-state index contributed by atoms with van der Waals surface area (Å²) in [4.78, 5) is 12.2. The van der Waals surface area contributed by atoms with Crippen molar-refractivity contribution in [3.8, 4) is 0 Å². The molecule has 0 fully saturated rings. The lowest BCUT2D eigenvalue weighted by molar-refractivity contribution is 0.103. The van der Waals surface area contributed by atoms with Gasteiger partial charge in [0.25, 0.3) is 0 Å². The Morgan fingerprint density at radius 3 is 2.28 bits per heavy atom. The lowest BCUT2D eigenvalue weighted by atomic mass is 9.99. The minimum atomic E-state index is -0.447. The van der Waals surface area contributed by atoms with Crippen LogP contribution in [-0.2, 0) is 0 Å². The van der Waals surface area contributed by atoms with Gasteiger partial charge in [-0.2, -0.15) is 0 Å². The Hall–Kier alpha value is -1.38. The first kappa shape index (κ1) is 13.1. The third-order valence-electron chi connectivity index (χ3n) is 2.57. The van der Waals surface area contributed by atoms with Gasteiger partial charge in [-0.25, -0.2) is 4.39 Å². The van der Waals surface area contributed by atoms with Gasteiger partial charge in [0.2, 0.25) is 0 Å². The fourth-order valence-electron chi connectivity index (χ4n) is 1.68. The van der Waals surface area contributed by atoms with E-state index in [4.69, 9.17) is 23.2 Å². The van der Waals surface area contributed by atoms with Gasteiger partial charge in [-0.3, -0.25) is 4.79 Å². The molecule has 1 nitrogen and oxygen atoms in total. The van der Waals surface area contributed by atoms with Crippen LogP contribution in [0.5, 0.6) is 0 Å². The van der Waals surface area contributed by atoms with Crippen LogP contribution in [0.3, 0.4) is 0 Å². The Kier molecular flexibility index (Phi) is 3.69. The first-order valence-corrected chi connectivity index (χ1v) is 6.00. The molecule has 2 aromatic carbocycles. The van der Waals surface area contributed by atoms with E-state index < -0.39 is 5.82 Å². The second-order valence-corrected chi connectivity index (χ2v) is 4.82. The first-order valence-electron chi connectivity index (χ1n) is 5.24. The smallest absolute Gasteiger partial charge is 0.193 e. The van der Waals surface area contributed by atoms with E-state index in [0.717, 1.165) is 0 Å². The van der Waals surface area contributed by atoms with Crippen molar-refractivity contribution in [2.45, 2.75) is 6.92 Å². The molecule has 0 aromatic heterocycles. The van der Waals surface area contributed by atoms with Crippen molar-refractivity contribution in [3.05, 3.63) is 69.0 Å². The molecule has 0 radical (unpaired) electrons. The number of benzene rings is 2. The average Bonchev–Trinajstić information content (AvgIpc) is 2.30. The maximum Gasteiger partial charge on any atom is 0.193 e. The van der Waals surface area contributed by atoms with Crippen LogP contribution in [0.15, 0.2) is 36.4 Å². The zero-order valence-corrected chi connectivity index (χ0v) is 11.0. The van der Waals surface area contributed by atoms with Crippen LogP contribution in [0.4, 0.5) is 4.39 Å². The van der Waals surface area contributed by atoms with E-state index in [2.05, 4.69) is 0 Å². The molecular formula is C14H9Cl2FO. The number of halogens is 3. The molecule has 0 aliphatic heterocycles. The van der Waals surface area contributed by atoms with Crippen molar-refractivity contribution < 1.29 is 9.18 Å². The van der Waals surface area contributed by atoms with Gasteiger partial charge in [0.15, 0.2) is 5.78 Å². The standard InChI is InChI=1S/C14H9Cl2FO/c1-8-2-3-12(17)7-13(8)14(18)9-4-10(15)6-11(16)5-9/h2-7H,1H3. The summed E-state index contributed by atoms with van der Waals surface area (Å²) in [5, 5.41) is 0.750. The van der Waals surface area contributed by atoms with Crippen LogP contribution in [-0.4, -0.2) is 5.78 Å². The summed E-state index contributed by atoms with van der Waals surface area (Å²) in [6, 6.07) is 8.66. The highest BCUT2D eigenvalue weighted by Crippen LogP contribution is 2.22. The van der Waals surface area contributed by atoms with Gasteiger partial charge >= 0.3 is 0 Å². The van der Waals surface area contributed by atoms with E-state index in [9.17, 15) is 9.18 Å². The predicted octanol–water partition coefficient (Wildman–Crippen LogP) is 4.67. The van der Waals surface area contributed by atoms with Crippen LogP contribution in [0, 0.1) is 12.7 Å². The third kappa shape index (κ3) is 2.71. The molecule has 0 aliphatic rings. The van der Waals surface area contributed by atoms with Crippen LogP contribution in [0.2, 0.25) is 10.0 Å². The summed E-state index contributed by atoms with van der Waals surface area (Å²) in [5.74, 6) is -0.742. The summed E-state index contributed by atoms with van der Waals surface area (Å²) >= 11 is 11.7. The average molecular weight is 283 g/mol. The third-order valence-corrected chi connectivity index (χ3v) is 3.01. The van der Waals surface area contributed by atoms with Crippen molar-refractivity contribution in [2.75, 3.05) is 0 Å². The van der Waals surface area contributed by atoms with Gasteiger partial charge in [0, 0.05) is 21.2 Å². The lowest BCUT2D eigenvalue weighted by Crippen LogP contribution is -2.04. The van der Waals surface area contributed by atoms with Crippen molar-refractivity contribution in [2.24, 2.45) is 0 Å². The highest BCUT2D eigenvalue weighted by molar-refractivity contribution is 6.35. The Balaban J connectivity index is 2.51. The first-order chi connectivity index (χ1) is 8.47. The van der Waals surface area contributed by atoms with Gasteiger partial charge < -0.3 is 0 Å². The van der Waals surface area contributed by atoms with E-state index in [-0.39, 0.29) is 5.78 Å².